The van der Waals surface area contributed by atoms with Crippen molar-refractivity contribution >= 4 is 63.0 Å². The standard InChI is InChI=1S/C21H17ClFN5O2S3/c1-2-10-31-21-27-26-20(33-21)25-17(29)15-11-32-18(24-15)12-6-8-28(9-7-12)19(30)16-13(22)4-3-5-14(16)23/h1,3-5,11-12H,6-10H2,(H,25,26,29). The minimum absolute atomic E-state index is 0.0941. The third kappa shape index (κ3) is 5.52. The Morgan fingerprint density at radius 3 is 2.85 bits per heavy atom. The molecule has 0 unspecified atom stereocenters. The molecule has 0 radical (unpaired) electrons. The average molecular weight is 522 g/mol. The molecule has 0 atom stereocenters. The fourth-order valence-corrected chi connectivity index (χ4v) is 5.99. The van der Waals surface area contributed by atoms with Crippen molar-refractivity contribution in [2.45, 2.75) is 23.1 Å². The van der Waals surface area contributed by atoms with E-state index in [1.54, 1.807) is 10.3 Å². The maximum Gasteiger partial charge on any atom is 0.276 e. The molecule has 2 amide bonds. The number of terminal acetylenes is 1. The second-order valence-electron chi connectivity index (χ2n) is 7.05. The number of rotatable bonds is 6. The van der Waals surface area contributed by atoms with E-state index in [1.807, 2.05) is 0 Å². The van der Waals surface area contributed by atoms with Crippen molar-refractivity contribution < 1.29 is 14.0 Å². The second-order valence-corrected chi connectivity index (χ2v) is 10.6. The first kappa shape index (κ1) is 23.6. The van der Waals surface area contributed by atoms with Crippen LogP contribution in [0.1, 0.15) is 44.6 Å². The number of anilines is 1. The van der Waals surface area contributed by atoms with Crippen LogP contribution in [0.4, 0.5) is 9.52 Å². The number of thiazole rings is 1. The van der Waals surface area contributed by atoms with Crippen LogP contribution in [0.2, 0.25) is 5.02 Å². The number of piperidine rings is 1. The topological polar surface area (TPSA) is 88.1 Å². The number of benzene rings is 1. The van der Waals surface area contributed by atoms with Crippen LogP contribution in [-0.4, -0.2) is 50.7 Å². The van der Waals surface area contributed by atoms with Crippen molar-refractivity contribution in [1.29, 1.82) is 0 Å². The summed E-state index contributed by atoms with van der Waals surface area (Å²) >= 11 is 10.1. The van der Waals surface area contributed by atoms with Gasteiger partial charge in [0.15, 0.2) is 4.34 Å². The zero-order valence-corrected chi connectivity index (χ0v) is 20.3. The van der Waals surface area contributed by atoms with Crippen LogP contribution in [-0.2, 0) is 0 Å². The summed E-state index contributed by atoms with van der Waals surface area (Å²) in [5.41, 5.74) is 0.211. The number of thioether (sulfide) groups is 1. The van der Waals surface area contributed by atoms with Gasteiger partial charge in [0.25, 0.3) is 11.8 Å². The van der Waals surface area contributed by atoms with Gasteiger partial charge in [-0.2, -0.15) is 0 Å². The number of carbonyl (C=O) groups excluding carboxylic acids is 2. The van der Waals surface area contributed by atoms with E-state index >= 15 is 0 Å². The van der Waals surface area contributed by atoms with Gasteiger partial charge in [-0.15, -0.1) is 28.0 Å². The zero-order valence-electron chi connectivity index (χ0n) is 17.1. The summed E-state index contributed by atoms with van der Waals surface area (Å²) < 4.78 is 14.8. The molecule has 170 valence electrons. The minimum Gasteiger partial charge on any atom is -0.338 e. The van der Waals surface area contributed by atoms with Gasteiger partial charge >= 0.3 is 0 Å². The molecule has 3 heterocycles. The Morgan fingerprint density at radius 2 is 2.12 bits per heavy atom. The van der Waals surface area contributed by atoms with E-state index in [0.29, 0.717) is 46.8 Å². The van der Waals surface area contributed by atoms with E-state index in [2.05, 4.69) is 26.4 Å². The summed E-state index contributed by atoms with van der Waals surface area (Å²) in [5.74, 6) is 1.72. The van der Waals surface area contributed by atoms with E-state index < -0.39 is 11.7 Å². The van der Waals surface area contributed by atoms with E-state index in [4.69, 9.17) is 18.0 Å². The van der Waals surface area contributed by atoms with Crippen LogP contribution < -0.4 is 5.32 Å². The second kappa shape index (κ2) is 10.6. The van der Waals surface area contributed by atoms with Gasteiger partial charge in [-0.1, -0.05) is 46.7 Å². The molecule has 0 aliphatic carbocycles. The molecular formula is C21H17ClFN5O2S3. The number of carbonyl (C=O) groups is 2. The summed E-state index contributed by atoms with van der Waals surface area (Å²) in [6, 6.07) is 4.21. The number of amides is 2. The molecule has 1 fully saturated rings. The average Bonchev–Trinajstić information content (AvgIpc) is 3.47. The minimum atomic E-state index is -0.623. The first-order chi connectivity index (χ1) is 16.0. The molecule has 1 aromatic carbocycles. The summed E-state index contributed by atoms with van der Waals surface area (Å²) in [6.07, 6.45) is 6.56. The largest absolute Gasteiger partial charge is 0.338 e. The number of nitrogens with zero attached hydrogens (tertiary/aromatic N) is 4. The molecule has 3 aromatic rings. The van der Waals surface area contributed by atoms with Crippen molar-refractivity contribution in [3.8, 4) is 12.3 Å². The van der Waals surface area contributed by atoms with Gasteiger partial charge in [0.05, 0.1) is 21.3 Å². The molecule has 2 aromatic heterocycles. The molecule has 1 aliphatic heterocycles. The van der Waals surface area contributed by atoms with Gasteiger partial charge in [-0.25, -0.2) is 9.37 Å². The predicted molar refractivity (Wildman–Crippen MR) is 129 cm³/mol. The monoisotopic (exact) mass is 521 g/mol. The van der Waals surface area contributed by atoms with Crippen LogP contribution in [0.25, 0.3) is 0 Å². The van der Waals surface area contributed by atoms with Gasteiger partial charge in [0.1, 0.15) is 11.5 Å². The lowest BCUT2D eigenvalue weighted by molar-refractivity contribution is 0.0708. The van der Waals surface area contributed by atoms with Crippen molar-refractivity contribution in [1.82, 2.24) is 20.1 Å². The molecule has 1 N–H and O–H groups in total. The Balaban J connectivity index is 1.34. The number of nitrogens with one attached hydrogen (secondary N) is 1. The highest BCUT2D eigenvalue weighted by molar-refractivity contribution is 8.01. The van der Waals surface area contributed by atoms with Crippen LogP contribution in [0.5, 0.6) is 0 Å². The molecule has 1 aliphatic rings. The maximum absolute atomic E-state index is 14.1. The molecule has 4 rings (SSSR count). The van der Waals surface area contributed by atoms with Crippen LogP contribution in [0.3, 0.4) is 0 Å². The molecule has 0 saturated carbocycles. The molecule has 33 heavy (non-hydrogen) atoms. The van der Waals surface area contributed by atoms with E-state index in [0.717, 1.165) is 5.01 Å². The van der Waals surface area contributed by atoms with Crippen LogP contribution >= 0.6 is 46.0 Å². The highest BCUT2D eigenvalue weighted by atomic mass is 35.5. The molecule has 1 saturated heterocycles. The van der Waals surface area contributed by atoms with Crippen molar-refractivity contribution in [3.05, 3.63) is 50.7 Å². The van der Waals surface area contributed by atoms with E-state index in [-0.39, 0.29) is 22.4 Å². The Hall–Kier alpha value is -2.52. The number of hydrogen-bond acceptors (Lipinski definition) is 8. The summed E-state index contributed by atoms with van der Waals surface area (Å²) in [6.45, 7) is 0.913. The predicted octanol–water partition coefficient (Wildman–Crippen LogP) is 4.78. The van der Waals surface area contributed by atoms with Gasteiger partial charge in [0.2, 0.25) is 5.13 Å². The lowest BCUT2D eigenvalue weighted by atomic mass is 9.97. The van der Waals surface area contributed by atoms with Gasteiger partial charge in [-0.05, 0) is 25.0 Å². The summed E-state index contributed by atoms with van der Waals surface area (Å²) in [7, 11) is 0. The number of likely N-dealkylation sites (tertiary alicyclic amines) is 1. The molecule has 12 heteroatoms. The molecule has 0 bridgehead atoms. The van der Waals surface area contributed by atoms with Crippen molar-refractivity contribution in [3.63, 3.8) is 0 Å². The van der Waals surface area contributed by atoms with Gasteiger partial charge < -0.3 is 4.90 Å². The van der Waals surface area contributed by atoms with Gasteiger partial charge in [-0.3, -0.25) is 14.9 Å². The third-order valence-electron chi connectivity index (χ3n) is 4.97. The maximum atomic E-state index is 14.1. The van der Waals surface area contributed by atoms with E-state index in [1.165, 1.54) is 52.6 Å². The highest BCUT2D eigenvalue weighted by Gasteiger charge is 2.29. The number of halogens is 2. The fourth-order valence-electron chi connectivity index (χ4n) is 3.35. The fraction of sp³-hybridized carbons (Fsp3) is 0.286. The Morgan fingerprint density at radius 1 is 1.33 bits per heavy atom. The normalized spacial score (nSPS) is 14.2. The lowest BCUT2D eigenvalue weighted by Crippen LogP contribution is -2.38. The summed E-state index contributed by atoms with van der Waals surface area (Å²) in [5, 5.41) is 13.6. The molecule has 0 spiro atoms. The molecule has 7 nitrogen and oxygen atoms in total. The Bertz CT molecular complexity index is 1200. The number of hydrogen-bond donors (Lipinski definition) is 1. The summed E-state index contributed by atoms with van der Waals surface area (Å²) in [4.78, 5) is 31.3. The Kier molecular flexibility index (Phi) is 7.60. The molecular weight excluding hydrogens is 505 g/mol. The van der Waals surface area contributed by atoms with Crippen molar-refractivity contribution in [2.75, 3.05) is 24.2 Å². The zero-order chi connectivity index (χ0) is 23.4. The lowest BCUT2D eigenvalue weighted by Gasteiger charge is -2.31. The number of aromatic nitrogens is 3. The first-order valence-corrected chi connectivity index (χ1v) is 12.9. The Labute approximate surface area is 206 Å². The third-order valence-corrected chi connectivity index (χ3v) is 8.17. The highest BCUT2D eigenvalue weighted by Crippen LogP contribution is 2.32. The smallest absolute Gasteiger partial charge is 0.276 e. The van der Waals surface area contributed by atoms with Gasteiger partial charge in [0, 0.05) is 24.4 Å². The van der Waals surface area contributed by atoms with Crippen LogP contribution in [0, 0.1) is 18.2 Å². The quantitative estimate of drug-likeness (QED) is 0.285. The van der Waals surface area contributed by atoms with Crippen molar-refractivity contribution in [2.24, 2.45) is 0 Å². The van der Waals surface area contributed by atoms with Crippen LogP contribution in [0.15, 0.2) is 27.9 Å². The first-order valence-electron chi connectivity index (χ1n) is 9.86. The van der Waals surface area contributed by atoms with E-state index in [9.17, 15) is 14.0 Å². The SMILES string of the molecule is C#CCSc1nnc(NC(=O)c2csc(C3CCN(C(=O)c4c(F)cccc4Cl)CC3)n2)s1.